The minimum atomic E-state index is -0.336. The van der Waals surface area contributed by atoms with Gasteiger partial charge in [-0.2, -0.15) is 0 Å². The fraction of sp³-hybridized carbons (Fsp3) is 0.467. The molecule has 92 valence electrons. The molecule has 2 nitrogen and oxygen atoms in total. The molecule has 1 aromatic carbocycles. The molecule has 2 heteroatoms. The highest BCUT2D eigenvalue weighted by Gasteiger charge is 2.31. The van der Waals surface area contributed by atoms with Crippen LogP contribution in [-0.2, 0) is 0 Å². The molecule has 1 aromatic rings. The van der Waals surface area contributed by atoms with Crippen LogP contribution in [0.5, 0.6) is 0 Å². The Morgan fingerprint density at radius 1 is 1.35 bits per heavy atom. The van der Waals surface area contributed by atoms with E-state index in [9.17, 15) is 0 Å². The van der Waals surface area contributed by atoms with Gasteiger partial charge in [0.2, 0.25) is 0 Å². The van der Waals surface area contributed by atoms with E-state index in [0.717, 1.165) is 12.2 Å². The lowest BCUT2D eigenvalue weighted by molar-refractivity contribution is 0.283. The van der Waals surface area contributed by atoms with E-state index in [4.69, 9.17) is 5.73 Å². The third-order valence-corrected chi connectivity index (χ3v) is 3.53. The quantitative estimate of drug-likeness (QED) is 0.864. The molecule has 0 radical (unpaired) electrons. The van der Waals surface area contributed by atoms with Crippen LogP contribution in [0.25, 0.3) is 0 Å². The van der Waals surface area contributed by atoms with Crippen LogP contribution in [-0.4, -0.2) is 17.0 Å². The van der Waals surface area contributed by atoms with E-state index in [1.165, 1.54) is 18.4 Å². The first kappa shape index (κ1) is 12.2. The lowest BCUT2D eigenvalue weighted by atomic mass is 9.99. The van der Waals surface area contributed by atoms with Crippen molar-refractivity contribution in [2.24, 2.45) is 5.73 Å². The van der Waals surface area contributed by atoms with Crippen LogP contribution in [0.4, 0.5) is 0 Å². The Morgan fingerprint density at radius 2 is 2.00 bits per heavy atom. The van der Waals surface area contributed by atoms with Gasteiger partial charge in [-0.3, -0.25) is 0 Å². The van der Waals surface area contributed by atoms with Gasteiger partial charge in [0.05, 0.1) is 6.04 Å². The van der Waals surface area contributed by atoms with Gasteiger partial charge in [0, 0.05) is 17.8 Å². The summed E-state index contributed by atoms with van der Waals surface area (Å²) < 4.78 is 0. The summed E-state index contributed by atoms with van der Waals surface area (Å²) in [5, 5.41) is 0. The Hall–Kier alpha value is -1.28. The molecule has 0 amide bonds. The summed E-state index contributed by atoms with van der Waals surface area (Å²) in [6, 6.07) is 11.1. The topological polar surface area (TPSA) is 29.3 Å². The van der Waals surface area contributed by atoms with Gasteiger partial charge >= 0.3 is 0 Å². The van der Waals surface area contributed by atoms with Crippen LogP contribution in [0.1, 0.15) is 38.3 Å². The molecule has 1 atom stereocenters. The second kappa shape index (κ2) is 4.53. The number of rotatable bonds is 3. The van der Waals surface area contributed by atoms with Gasteiger partial charge in [0.15, 0.2) is 0 Å². The molecular weight excluding hydrogens is 208 g/mol. The second-order valence-corrected chi connectivity index (χ2v) is 5.43. The van der Waals surface area contributed by atoms with Crippen LogP contribution in [0, 0.1) is 0 Å². The van der Waals surface area contributed by atoms with Gasteiger partial charge in [-0.25, -0.2) is 0 Å². The van der Waals surface area contributed by atoms with Gasteiger partial charge in [-0.1, -0.05) is 36.9 Å². The number of hydrogen-bond acceptors (Lipinski definition) is 2. The Labute approximate surface area is 104 Å². The van der Waals surface area contributed by atoms with Crippen molar-refractivity contribution in [2.75, 3.05) is 6.54 Å². The Kier molecular flexibility index (Phi) is 3.25. The molecule has 0 spiro atoms. The minimum Gasteiger partial charge on any atom is -0.367 e. The SMILES string of the molecule is C=C(N1CCCC1c1ccccc1)C(C)(C)N. The van der Waals surface area contributed by atoms with Gasteiger partial charge in [0.1, 0.15) is 0 Å². The number of hydrogen-bond donors (Lipinski definition) is 1. The minimum absolute atomic E-state index is 0.336. The van der Waals surface area contributed by atoms with E-state index in [1.807, 2.05) is 13.8 Å². The van der Waals surface area contributed by atoms with Crippen LogP contribution >= 0.6 is 0 Å². The molecule has 1 saturated heterocycles. The van der Waals surface area contributed by atoms with Crippen molar-refractivity contribution in [1.82, 2.24) is 4.90 Å². The molecule has 2 rings (SSSR count). The molecule has 1 aliphatic rings. The predicted octanol–water partition coefficient (Wildman–Crippen LogP) is 3.07. The Bertz CT molecular complexity index is 389. The van der Waals surface area contributed by atoms with Crippen molar-refractivity contribution in [2.45, 2.75) is 38.3 Å². The molecule has 1 unspecified atom stereocenters. The highest BCUT2D eigenvalue weighted by atomic mass is 15.2. The largest absolute Gasteiger partial charge is 0.367 e. The maximum absolute atomic E-state index is 6.16. The van der Waals surface area contributed by atoms with Crippen molar-refractivity contribution in [1.29, 1.82) is 0 Å². The molecule has 0 saturated carbocycles. The lowest BCUT2D eigenvalue weighted by Crippen LogP contribution is -2.42. The van der Waals surface area contributed by atoms with E-state index in [-0.39, 0.29) is 5.54 Å². The zero-order valence-corrected chi connectivity index (χ0v) is 10.8. The first-order chi connectivity index (χ1) is 8.00. The van der Waals surface area contributed by atoms with Crippen LogP contribution in [0.3, 0.4) is 0 Å². The fourth-order valence-electron chi connectivity index (χ4n) is 2.48. The molecule has 1 heterocycles. The molecule has 0 aliphatic carbocycles. The Balaban J connectivity index is 2.22. The van der Waals surface area contributed by atoms with E-state index in [2.05, 4.69) is 41.8 Å². The molecule has 0 aromatic heterocycles. The van der Waals surface area contributed by atoms with Crippen LogP contribution in [0.2, 0.25) is 0 Å². The number of likely N-dealkylation sites (tertiary alicyclic amines) is 1. The average molecular weight is 230 g/mol. The van der Waals surface area contributed by atoms with Crippen LogP contribution < -0.4 is 5.73 Å². The smallest absolute Gasteiger partial charge is 0.0540 e. The lowest BCUT2D eigenvalue weighted by Gasteiger charge is -2.35. The summed E-state index contributed by atoms with van der Waals surface area (Å²) in [5.41, 5.74) is 8.24. The molecular formula is C15H22N2. The third-order valence-electron chi connectivity index (χ3n) is 3.53. The Morgan fingerprint density at radius 3 is 2.59 bits per heavy atom. The first-order valence-electron chi connectivity index (χ1n) is 6.30. The molecule has 0 bridgehead atoms. The molecule has 2 N–H and O–H groups in total. The summed E-state index contributed by atoms with van der Waals surface area (Å²) in [5.74, 6) is 0. The molecule has 1 aliphatic heterocycles. The van der Waals surface area contributed by atoms with Crippen molar-refractivity contribution in [3.05, 3.63) is 48.2 Å². The zero-order valence-electron chi connectivity index (χ0n) is 10.8. The van der Waals surface area contributed by atoms with Crippen molar-refractivity contribution in [3.63, 3.8) is 0 Å². The summed E-state index contributed by atoms with van der Waals surface area (Å²) in [6.07, 6.45) is 2.41. The highest BCUT2D eigenvalue weighted by molar-refractivity contribution is 5.24. The molecule has 1 fully saturated rings. The maximum Gasteiger partial charge on any atom is 0.0540 e. The number of nitrogens with two attached hydrogens (primary N) is 1. The standard InChI is InChI=1S/C15H22N2/c1-12(15(2,3)16)17-11-7-10-14(17)13-8-5-4-6-9-13/h4-6,8-9,14H,1,7,10-11,16H2,2-3H3. The number of nitrogens with zero attached hydrogens (tertiary/aromatic N) is 1. The number of benzene rings is 1. The van der Waals surface area contributed by atoms with Crippen molar-refractivity contribution >= 4 is 0 Å². The van der Waals surface area contributed by atoms with Gasteiger partial charge < -0.3 is 10.6 Å². The third kappa shape index (κ3) is 2.52. The van der Waals surface area contributed by atoms with Crippen molar-refractivity contribution < 1.29 is 0 Å². The van der Waals surface area contributed by atoms with E-state index in [0.29, 0.717) is 6.04 Å². The monoisotopic (exact) mass is 230 g/mol. The van der Waals surface area contributed by atoms with Gasteiger partial charge in [-0.05, 0) is 32.3 Å². The second-order valence-electron chi connectivity index (χ2n) is 5.43. The summed E-state index contributed by atoms with van der Waals surface area (Å²) in [6.45, 7) is 9.30. The average Bonchev–Trinajstić information content (AvgIpc) is 2.76. The summed E-state index contributed by atoms with van der Waals surface area (Å²) in [4.78, 5) is 2.37. The zero-order chi connectivity index (χ0) is 12.5. The normalized spacial score (nSPS) is 20.6. The van der Waals surface area contributed by atoms with E-state index < -0.39 is 0 Å². The first-order valence-corrected chi connectivity index (χ1v) is 6.30. The van der Waals surface area contributed by atoms with Gasteiger partial charge in [0.25, 0.3) is 0 Å². The van der Waals surface area contributed by atoms with Gasteiger partial charge in [-0.15, -0.1) is 0 Å². The maximum atomic E-state index is 6.16. The summed E-state index contributed by atoms with van der Waals surface area (Å²) in [7, 11) is 0. The predicted molar refractivity (Wildman–Crippen MR) is 72.5 cm³/mol. The van der Waals surface area contributed by atoms with E-state index >= 15 is 0 Å². The van der Waals surface area contributed by atoms with Crippen molar-refractivity contribution in [3.8, 4) is 0 Å². The van der Waals surface area contributed by atoms with E-state index in [1.54, 1.807) is 0 Å². The summed E-state index contributed by atoms with van der Waals surface area (Å²) >= 11 is 0. The van der Waals surface area contributed by atoms with Crippen LogP contribution in [0.15, 0.2) is 42.6 Å². The molecule has 17 heavy (non-hydrogen) atoms. The fourth-order valence-corrected chi connectivity index (χ4v) is 2.48. The highest BCUT2D eigenvalue weighted by Crippen LogP contribution is 2.36.